The Kier molecular flexibility index (Phi) is 4.01. The minimum atomic E-state index is -0.192. The van der Waals surface area contributed by atoms with E-state index in [0.717, 1.165) is 16.7 Å². The SMILES string of the molecule is CNC(C)c1ccc(F)cc1-c1cc(C)ccc1C. The number of hydrogen-bond acceptors (Lipinski definition) is 1. The van der Waals surface area contributed by atoms with E-state index in [1.54, 1.807) is 6.07 Å². The van der Waals surface area contributed by atoms with Gasteiger partial charge in [0.1, 0.15) is 5.82 Å². The molecule has 0 radical (unpaired) electrons. The van der Waals surface area contributed by atoms with Crippen LogP contribution in [-0.4, -0.2) is 7.05 Å². The predicted octanol–water partition coefficient (Wildman–Crippen LogP) is 4.39. The summed E-state index contributed by atoms with van der Waals surface area (Å²) in [5, 5.41) is 3.22. The van der Waals surface area contributed by atoms with Crippen LogP contribution in [0.25, 0.3) is 11.1 Å². The monoisotopic (exact) mass is 257 g/mol. The van der Waals surface area contributed by atoms with Crippen molar-refractivity contribution in [2.45, 2.75) is 26.8 Å². The molecule has 0 bridgehead atoms. The summed E-state index contributed by atoms with van der Waals surface area (Å²) in [7, 11) is 1.92. The third-order valence-electron chi connectivity index (χ3n) is 3.60. The summed E-state index contributed by atoms with van der Waals surface area (Å²) in [5.74, 6) is -0.192. The Bertz CT molecular complexity index is 590. The Labute approximate surface area is 114 Å². The zero-order valence-electron chi connectivity index (χ0n) is 11.9. The van der Waals surface area contributed by atoms with Crippen LogP contribution in [0.5, 0.6) is 0 Å². The molecule has 0 saturated heterocycles. The van der Waals surface area contributed by atoms with Crippen LogP contribution in [0.3, 0.4) is 0 Å². The second kappa shape index (κ2) is 5.54. The van der Waals surface area contributed by atoms with Crippen LogP contribution in [0.1, 0.15) is 29.7 Å². The lowest BCUT2D eigenvalue weighted by Crippen LogP contribution is -2.13. The highest BCUT2D eigenvalue weighted by Crippen LogP contribution is 2.31. The van der Waals surface area contributed by atoms with Crippen LogP contribution < -0.4 is 5.32 Å². The molecule has 1 atom stereocenters. The van der Waals surface area contributed by atoms with Crippen molar-refractivity contribution in [3.8, 4) is 11.1 Å². The van der Waals surface area contributed by atoms with Gasteiger partial charge >= 0.3 is 0 Å². The highest BCUT2D eigenvalue weighted by atomic mass is 19.1. The molecule has 2 aromatic rings. The van der Waals surface area contributed by atoms with Crippen LogP contribution in [0.2, 0.25) is 0 Å². The van der Waals surface area contributed by atoms with Crippen LogP contribution in [0.15, 0.2) is 36.4 Å². The van der Waals surface area contributed by atoms with Gasteiger partial charge in [0, 0.05) is 6.04 Å². The summed E-state index contributed by atoms with van der Waals surface area (Å²) in [5.41, 5.74) is 5.56. The molecule has 2 aromatic carbocycles. The van der Waals surface area contributed by atoms with Gasteiger partial charge in [-0.05, 0) is 62.2 Å². The molecular formula is C17H20FN. The molecule has 0 aliphatic carbocycles. The summed E-state index contributed by atoms with van der Waals surface area (Å²) >= 11 is 0. The van der Waals surface area contributed by atoms with E-state index in [4.69, 9.17) is 0 Å². The Hall–Kier alpha value is -1.67. The Balaban J connectivity index is 2.66. The minimum absolute atomic E-state index is 0.190. The molecule has 1 N–H and O–H groups in total. The molecule has 2 heteroatoms. The Morgan fingerprint density at radius 2 is 1.74 bits per heavy atom. The molecule has 2 rings (SSSR count). The van der Waals surface area contributed by atoms with Crippen LogP contribution >= 0.6 is 0 Å². The van der Waals surface area contributed by atoms with Crippen molar-refractivity contribution in [1.29, 1.82) is 0 Å². The third kappa shape index (κ3) is 2.85. The van der Waals surface area contributed by atoms with Gasteiger partial charge in [-0.2, -0.15) is 0 Å². The molecule has 0 heterocycles. The first-order valence-corrected chi connectivity index (χ1v) is 6.57. The first-order valence-electron chi connectivity index (χ1n) is 6.57. The predicted molar refractivity (Wildman–Crippen MR) is 78.8 cm³/mol. The van der Waals surface area contributed by atoms with Crippen LogP contribution in [0, 0.1) is 19.7 Å². The van der Waals surface area contributed by atoms with E-state index < -0.39 is 0 Å². The number of benzene rings is 2. The fourth-order valence-corrected chi connectivity index (χ4v) is 2.32. The topological polar surface area (TPSA) is 12.0 Å². The first-order chi connectivity index (χ1) is 9.02. The van der Waals surface area contributed by atoms with E-state index in [0.29, 0.717) is 0 Å². The molecular weight excluding hydrogens is 237 g/mol. The van der Waals surface area contributed by atoms with Gasteiger partial charge in [0.15, 0.2) is 0 Å². The summed E-state index contributed by atoms with van der Waals surface area (Å²) in [6.45, 7) is 6.21. The number of aryl methyl sites for hydroxylation is 2. The summed E-state index contributed by atoms with van der Waals surface area (Å²) in [6, 6.07) is 11.5. The smallest absolute Gasteiger partial charge is 0.123 e. The number of nitrogens with one attached hydrogen (secondary N) is 1. The lowest BCUT2D eigenvalue weighted by molar-refractivity contribution is 0.620. The van der Waals surface area contributed by atoms with Crippen molar-refractivity contribution in [3.63, 3.8) is 0 Å². The molecule has 0 amide bonds. The van der Waals surface area contributed by atoms with Gasteiger partial charge in [-0.25, -0.2) is 4.39 Å². The maximum absolute atomic E-state index is 13.6. The van der Waals surface area contributed by atoms with Gasteiger partial charge in [-0.3, -0.25) is 0 Å². The van der Waals surface area contributed by atoms with Gasteiger partial charge in [0.05, 0.1) is 0 Å². The van der Waals surface area contributed by atoms with E-state index >= 15 is 0 Å². The van der Waals surface area contributed by atoms with E-state index in [1.165, 1.54) is 17.2 Å². The lowest BCUT2D eigenvalue weighted by Gasteiger charge is -2.18. The average molecular weight is 257 g/mol. The zero-order chi connectivity index (χ0) is 14.0. The lowest BCUT2D eigenvalue weighted by atomic mass is 9.92. The summed E-state index contributed by atoms with van der Waals surface area (Å²) in [6.07, 6.45) is 0. The van der Waals surface area contributed by atoms with E-state index in [9.17, 15) is 4.39 Å². The van der Waals surface area contributed by atoms with Gasteiger partial charge in [-0.15, -0.1) is 0 Å². The number of halogens is 1. The van der Waals surface area contributed by atoms with Crippen molar-refractivity contribution in [2.24, 2.45) is 0 Å². The fraction of sp³-hybridized carbons (Fsp3) is 0.294. The third-order valence-corrected chi connectivity index (χ3v) is 3.60. The van der Waals surface area contributed by atoms with Gasteiger partial charge in [-0.1, -0.05) is 29.8 Å². The Morgan fingerprint density at radius 1 is 1.00 bits per heavy atom. The van der Waals surface area contributed by atoms with Gasteiger partial charge in [0.2, 0.25) is 0 Å². The molecule has 0 spiro atoms. The van der Waals surface area contributed by atoms with Crippen molar-refractivity contribution in [3.05, 3.63) is 58.9 Å². The summed E-state index contributed by atoms with van der Waals surface area (Å²) < 4.78 is 13.6. The quantitative estimate of drug-likeness (QED) is 0.860. The molecule has 1 unspecified atom stereocenters. The minimum Gasteiger partial charge on any atom is -0.313 e. The summed E-state index contributed by atoms with van der Waals surface area (Å²) in [4.78, 5) is 0. The van der Waals surface area contributed by atoms with E-state index in [1.807, 2.05) is 13.1 Å². The van der Waals surface area contributed by atoms with Crippen LogP contribution in [-0.2, 0) is 0 Å². The normalized spacial score (nSPS) is 12.5. The number of rotatable bonds is 3. The van der Waals surface area contributed by atoms with Crippen LogP contribution in [0.4, 0.5) is 4.39 Å². The molecule has 0 aliphatic rings. The highest BCUT2D eigenvalue weighted by Gasteiger charge is 2.13. The molecule has 100 valence electrons. The van der Waals surface area contributed by atoms with Crippen molar-refractivity contribution < 1.29 is 4.39 Å². The van der Waals surface area contributed by atoms with Crippen molar-refractivity contribution in [1.82, 2.24) is 5.32 Å². The molecule has 0 aromatic heterocycles. The van der Waals surface area contributed by atoms with E-state index in [-0.39, 0.29) is 11.9 Å². The first kappa shape index (κ1) is 13.8. The zero-order valence-corrected chi connectivity index (χ0v) is 11.9. The Morgan fingerprint density at radius 3 is 2.42 bits per heavy atom. The molecule has 0 aliphatic heterocycles. The van der Waals surface area contributed by atoms with E-state index in [2.05, 4.69) is 44.3 Å². The standard InChI is InChI=1S/C17H20FN/c1-11-5-6-12(2)16(9-11)17-10-14(18)7-8-15(17)13(3)19-4/h5-10,13,19H,1-4H3. The maximum atomic E-state index is 13.6. The molecule has 0 saturated carbocycles. The largest absolute Gasteiger partial charge is 0.313 e. The molecule has 19 heavy (non-hydrogen) atoms. The van der Waals surface area contributed by atoms with Gasteiger partial charge in [0.25, 0.3) is 0 Å². The van der Waals surface area contributed by atoms with Crippen molar-refractivity contribution in [2.75, 3.05) is 7.05 Å². The fourth-order valence-electron chi connectivity index (χ4n) is 2.32. The second-order valence-corrected chi connectivity index (χ2v) is 5.06. The van der Waals surface area contributed by atoms with Crippen molar-refractivity contribution >= 4 is 0 Å². The maximum Gasteiger partial charge on any atom is 0.123 e. The molecule has 1 nitrogen and oxygen atoms in total. The van der Waals surface area contributed by atoms with Gasteiger partial charge < -0.3 is 5.32 Å². The highest BCUT2D eigenvalue weighted by molar-refractivity contribution is 5.71. The molecule has 0 fully saturated rings. The second-order valence-electron chi connectivity index (χ2n) is 5.06. The average Bonchev–Trinajstić information content (AvgIpc) is 2.40. The number of hydrogen-bond donors (Lipinski definition) is 1.